The number of anilines is 1. The molecule has 1 fully saturated rings. The van der Waals surface area contributed by atoms with Gasteiger partial charge in [-0.05, 0) is 50.5 Å². The van der Waals surface area contributed by atoms with Crippen LogP contribution in [0.5, 0.6) is 11.5 Å². The zero-order valence-electron chi connectivity index (χ0n) is 18.4. The van der Waals surface area contributed by atoms with Crippen LogP contribution in [0.15, 0.2) is 54.6 Å². The fourth-order valence-corrected chi connectivity index (χ4v) is 3.65. The van der Waals surface area contributed by atoms with Gasteiger partial charge in [-0.3, -0.25) is 4.79 Å². The van der Waals surface area contributed by atoms with Gasteiger partial charge in [0.25, 0.3) is 0 Å². The summed E-state index contributed by atoms with van der Waals surface area (Å²) >= 11 is 0. The Balaban J connectivity index is 1.29. The fraction of sp³-hybridized carbons (Fsp3) is 0.480. The van der Waals surface area contributed by atoms with Gasteiger partial charge in [-0.1, -0.05) is 30.3 Å². The van der Waals surface area contributed by atoms with E-state index in [1.807, 2.05) is 35.2 Å². The van der Waals surface area contributed by atoms with Crippen LogP contribution in [0.1, 0.15) is 32.6 Å². The summed E-state index contributed by atoms with van der Waals surface area (Å²) in [6, 6.07) is 17.9. The lowest BCUT2D eigenvalue weighted by atomic mass is 10.1. The Hall–Kier alpha value is -2.73. The van der Waals surface area contributed by atoms with E-state index < -0.39 is 6.10 Å². The van der Waals surface area contributed by atoms with E-state index in [-0.39, 0.29) is 12.5 Å². The average Bonchev–Trinajstić information content (AvgIpc) is 2.81. The first-order valence-electron chi connectivity index (χ1n) is 11.2. The van der Waals surface area contributed by atoms with Crippen molar-refractivity contribution in [2.24, 2.45) is 0 Å². The second-order valence-electron chi connectivity index (χ2n) is 7.97. The number of ether oxygens (including phenoxy) is 2. The predicted molar refractivity (Wildman–Crippen MR) is 123 cm³/mol. The van der Waals surface area contributed by atoms with Crippen molar-refractivity contribution in [3.05, 3.63) is 54.6 Å². The minimum atomic E-state index is -0.521. The summed E-state index contributed by atoms with van der Waals surface area (Å²) in [6.07, 6.45) is 2.79. The molecule has 1 aliphatic heterocycles. The molecule has 0 bridgehead atoms. The van der Waals surface area contributed by atoms with E-state index in [0.717, 1.165) is 45.4 Å². The molecule has 168 valence electrons. The minimum Gasteiger partial charge on any atom is -0.490 e. The molecule has 0 radical (unpaired) electrons. The van der Waals surface area contributed by atoms with Crippen molar-refractivity contribution in [1.82, 2.24) is 4.90 Å². The highest BCUT2D eigenvalue weighted by molar-refractivity contribution is 5.76. The monoisotopic (exact) mass is 426 g/mol. The molecule has 31 heavy (non-hydrogen) atoms. The summed E-state index contributed by atoms with van der Waals surface area (Å²) in [7, 11) is 0. The molecule has 2 aromatic rings. The molecule has 1 saturated heterocycles. The van der Waals surface area contributed by atoms with Crippen molar-refractivity contribution in [1.29, 1.82) is 0 Å². The summed E-state index contributed by atoms with van der Waals surface area (Å²) in [5.74, 6) is 1.59. The van der Waals surface area contributed by atoms with E-state index in [9.17, 15) is 9.90 Å². The fourth-order valence-electron chi connectivity index (χ4n) is 3.65. The van der Waals surface area contributed by atoms with Crippen LogP contribution >= 0.6 is 0 Å². The molecule has 1 aliphatic rings. The first kappa shape index (κ1) is 22.9. The lowest BCUT2D eigenvalue weighted by Crippen LogP contribution is -2.48. The molecular formula is C25H34N2O4. The number of amides is 1. The number of aliphatic hydroxyl groups is 1. The average molecular weight is 427 g/mol. The lowest BCUT2D eigenvalue weighted by Gasteiger charge is -2.36. The Bertz CT molecular complexity index is 789. The molecule has 0 aliphatic carbocycles. The van der Waals surface area contributed by atoms with Crippen molar-refractivity contribution in [3.63, 3.8) is 0 Å². The number of para-hydroxylation sites is 3. The van der Waals surface area contributed by atoms with Crippen LogP contribution in [0.3, 0.4) is 0 Å². The maximum absolute atomic E-state index is 12.5. The van der Waals surface area contributed by atoms with Crippen molar-refractivity contribution < 1.29 is 19.4 Å². The third kappa shape index (κ3) is 7.47. The predicted octanol–water partition coefficient (Wildman–Crippen LogP) is 3.73. The number of carbonyl (C=O) groups excluding carboxylic acids is 1. The smallest absolute Gasteiger partial charge is 0.222 e. The maximum atomic E-state index is 12.5. The standard InChI is InChI=1S/C25H34N2O4/c1-21(28)20-31-24-13-8-7-12-23(24)30-19-9-3-6-14-25(29)27-17-15-26(16-18-27)22-10-4-2-5-11-22/h2,4-5,7-8,10-13,21,28H,3,6,9,14-20H2,1H3. The molecule has 0 saturated carbocycles. The Kier molecular flexibility index (Phi) is 9.03. The van der Waals surface area contributed by atoms with Gasteiger partial charge in [0.15, 0.2) is 11.5 Å². The number of nitrogens with zero attached hydrogens (tertiary/aromatic N) is 2. The van der Waals surface area contributed by atoms with E-state index in [0.29, 0.717) is 24.5 Å². The molecule has 1 atom stereocenters. The molecule has 1 amide bonds. The Labute approximate surface area is 185 Å². The second-order valence-corrected chi connectivity index (χ2v) is 7.97. The van der Waals surface area contributed by atoms with Crippen LogP contribution in [0.25, 0.3) is 0 Å². The zero-order valence-corrected chi connectivity index (χ0v) is 18.4. The van der Waals surface area contributed by atoms with E-state index in [1.165, 1.54) is 5.69 Å². The number of piperazine rings is 1. The normalized spacial score (nSPS) is 14.9. The number of unbranched alkanes of at least 4 members (excludes halogenated alkanes) is 2. The van der Waals surface area contributed by atoms with Crippen LogP contribution < -0.4 is 14.4 Å². The van der Waals surface area contributed by atoms with Gasteiger partial charge in [0, 0.05) is 38.3 Å². The van der Waals surface area contributed by atoms with E-state index >= 15 is 0 Å². The summed E-state index contributed by atoms with van der Waals surface area (Å²) < 4.78 is 11.4. The second kappa shape index (κ2) is 12.2. The van der Waals surface area contributed by atoms with Gasteiger partial charge in [0.2, 0.25) is 5.91 Å². The molecule has 1 N–H and O–H groups in total. The molecule has 1 heterocycles. The highest BCUT2D eigenvalue weighted by Crippen LogP contribution is 2.26. The van der Waals surface area contributed by atoms with Gasteiger partial charge < -0.3 is 24.4 Å². The van der Waals surface area contributed by atoms with Gasteiger partial charge in [-0.15, -0.1) is 0 Å². The van der Waals surface area contributed by atoms with Crippen molar-refractivity contribution in [2.75, 3.05) is 44.3 Å². The van der Waals surface area contributed by atoms with Gasteiger partial charge in [-0.2, -0.15) is 0 Å². The highest BCUT2D eigenvalue weighted by atomic mass is 16.5. The summed E-state index contributed by atoms with van der Waals surface area (Å²) in [5.41, 5.74) is 1.23. The highest BCUT2D eigenvalue weighted by Gasteiger charge is 2.20. The summed E-state index contributed by atoms with van der Waals surface area (Å²) in [4.78, 5) is 16.8. The molecular weight excluding hydrogens is 392 g/mol. The maximum Gasteiger partial charge on any atom is 0.222 e. The molecule has 1 unspecified atom stereocenters. The van der Waals surface area contributed by atoms with E-state index in [1.54, 1.807) is 6.92 Å². The van der Waals surface area contributed by atoms with Crippen LogP contribution in [0.2, 0.25) is 0 Å². The van der Waals surface area contributed by atoms with Gasteiger partial charge >= 0.3 is 0 Å². The number of aliphatic hydroxyl groups excluding tert-OH is 1. The van der Waals surface area contributed by atoms with Crippen molar-refractivity contribution in [3.8, 4) is 11.5 Å². The van der Waals surface area contributed by atoms with Gasteiger partial charge in [-0.25, -0.2) is 0 Å². The third-order valence-electron chi connectivity index (χ3n) is 5.38. The summed E-state index contributed by atoms with van der Waals surface area (Å²) in [5, 5.41) is 9.38. The quantitative estimate of drug-likeness (QED) is 0.555. The van der Waals surface area contributed by atoms with Gasteiger partial charge in [0.05, 0.1) is 12.7 Å². The summed E-state index contributed by atoms with van der Waals surface area (Å²) in [6.45, 7) is 5.87. The van der Waals surface area contributed by atoms with Crippen LogP contribution in [-0.2, 0) is 4.79 Å². The Morgan fingerprint density at radius 2 is 1.55 bits per heavy atom. The molecule has 3 rings (SSSR count). The van der Waals surface area contributed by atoms with E-state index in [4.69, 9.17) is 9.47 Å². The van der Waals surface area contributed by atoms with Crippen LogP contribution in [0.4, 0.5) is 5.69 Å². The van der Waals surface area contributed by atoms with Gasteiger partial charge in [0.1, 0.15) is 6.61 Å². The van der Waals surface area contributed by atoms with Crippen LogP contribution in [0, 0.1) is 0 Å². The topological polar surface area (TPSA) is 62.2 Å². The number of rotatable bonds is 11. The Morgan fingerprint density at radius 1 is 0.903 bits per heavy atom. The first-order valence-corrected chi connectivity index (χ1v) is 11.2. The lowest BCUT2D eigenvalue weighted by molar-refractivity contribution is -0.131. The number of hydrogen-bond donors (Lipinski definition) is 1. The molecule has 6 heteroatoms. The molecule has 0 aromatic heterocycles. The van der Waals surface area contributed by atoms with Crippen molar-refractivity contribution >= 4 is 11.6 Å². The SMILES string of the molecule is CC(O)COc1ccccc1OCCCCCC(=O)N1CCN(c2ccccc2)CC1. The Morgan fingerprint density at radius 3 is 2.23 bits per heavy atom. The largest absolute Gasteiger partial charge is 0.490 e. The molecule has 6 nitrogen and oxygen atoms in total. The first-order chi connectivity index (χ1) is 15.1. The zero-order chi connectivity index (χ0) is 21.9. The van der Waals surface area contributed by atoms with Crippen LogP contribution in [-0.4, -0.2) is 61.4 Å². The molecule has 2 aromatic carbocycles. The number of benzene rings is 2. The van der Waals surface area contributed by atoms with Crippen molar-refractivity contribution in [2.45, 2.75) is 38.7 Å². The molecule has 0 spiro atoms. The third-order valence-corrected chi connectivity index (χ3v) is 5.38. The number of hydrogen-bond acceptors (Lipinski definition) is 5. The minimum absolute atomic E-state index is 0.238. The number of carbonyl (C=O) groups is 1. The van der Waals surface area contributed by atoms with E-state index in [2.05, 4.69) is 29.2 Å².